The minimum Gasteiger partial charge on any atom is -0.396 e. The molecular weight excluding hydrogens is 234 g/mol. The van der Waals surface area contributed by atoms with E-state index in [1.807, 2.05) is 13.0 Å². The summed E-state index contributed by atoms with van der Waals surface area (Å²) in [6.07, 6.45) is 4.39. The lowest BCUT2D eigenvalue weighted by atomic mass is 10.1. The molecule has 0 aliphatic heterocycles. The largest absolute Gasteiger partial charge is 0.396 e. The smallest absolute Gasteiger partial charge is 0.0438 e. The zero-order chi connectivity index (χ0) is 12.5. The second-order valence-electron chi connectivity index (χ2n) is 4.40. The first-order valence-electron chi connectivity index (χ1n) is 6.30. The Labute approximate surface area is 109 Å². The number of hydrogen-bond acceptors (Lipinski definition) is 2. The third kappa shape index (κ3) is 6.06. The molecule has 0 atom stereocenters. The number of benzene rings is 1. The van der Waals surface area contributed by atoms with Crippen LogP contribution in [0.4, 0.5) is 0 Å². The van der Waals surface area contributed by atoms with Gasteiger partial charge in [0.2, 0.25) is 0 Å². The summed E-state index contributed by atoms with van der Waals surface area (Å²) in [4.78, 5) is 0. The Hall–Kier alpha value is -0.570. The van der Waals surface area contributed by atoms with Gasteiger partial charge < -0.3 is 10.4 Å². The maximum absolute atomic E-state index is 8.64. The summed E-state index contributed by atoms with van der Waals surface area (Å²) >= 11 is 6.06. The second-order valence-corrected chi connectivity index (χ2v) is 4.81. The molecule has 0 spiro atoms. The molecule has 0 radical (unpaired) electrons. The van der Waals surface area contributed by atoms with Crippen molar-refractivity contribution in [2.45, 2.75) is 39.2 Å². The van der Waals surface area contributed by atoms with Gasteiger partial charge in [-0.2, -0.15) is 0 Å². The predicted octanol–water partition coefficient (Wildman–Crippen LogP) is 3.29. The summed E-state index contributed by atoms with van der Waals surface area (Å²) in [6, 6.07) is 6.19. The molecule has 96 valence electrons. The molecule has 0 fully saturated rings. The van der Waals surface area contributed by atoms with E-state index in [1.165, 1.54) is 18.4 Å². The van der Waals surface area contributed by atoms with Crippen molar-refractivity contribution in [3.8, 4) is 0 Å². The van der Waals surface area contributed by atoms with Crippen LogP contribution < -0.4 is 5.32 Å². The standard InChI is InChI=1S/C14H22ClNO/c1-12-6-7-13(10-14(12)15)11-16-8-4-2-3-5-9-17/h6-7,10,16-17H,2-5,8-9,11H2,1H3. The van der Waals surface area contributed by atoms with Gasteiger partial charge in [0.25, 0.3) is 0 Å². The van der Waals surface area contributed by atoms with Crippen molar-refractivity contribution >= 4 is 11.6 Å². The predicted molar refractivity (Wildman–Crippen MR) is 73.4 cm³/mol. The number of rotatable bonds is 8. The van der Waals surface area contributed by atoms with Gasteiger partial charge in [0, 0.05) is 18.2 Å². The van der Waals surface area contributed by atoms with Gasteiger partial charge in [-0.05, 0) is 43.5 Å². The average Bonchev–Trinajstić information content (AvgIpc) is 2.32. The number of aryl methyl sites for hydroxylation is 1. The first kappa shape index (κ1) is 14.5. The first-order valence-corrected chi connectivity index (χ1v) is 6.68. The van der Waals surface area contributed by atoms with E-state index in [2.05, 4.69) is 17.4 Å². The van der Waals surface area contributed by atoms with Gasteiger partial charge in [-0.3, -0.25) is 0 Å². The van der Waals surface area contributed by atoms with Crippen LogP contribution in [0.25, 0.3) is 0 Å². The molecule has 0 aliphatic rings. The molecule has 2 nitrogen and oxygen atoms in total. The van der Waals surface area contributed by atoms with Gasteiger partial charge in [-0.25, -0.2) is 0 Å². The Bertz CT molecular complexity index is 328. The quantitative estimate of drug-likeness (QED) is 0.699. The molecule has 2 N–H and O–H groups in total. The number of nitrogens with one attached hydrogen (secondary N) is 1. The minimum atomic E-state index is 0.315. The first-order chi connectivity index (χ1) is 8.24. The topological polar surface area (TPSA) is 32.3 Å². The highest BCUT2D eigenvalue weighted by Crippen LogP contribution is 2.16. The Morgan fingerprint density at radius 3 is 2.65 bits per heavy atom. The Morgan fingerprint density at radius 1 is 1.18 bits per heavy atom. The Morgan fingerprint density at radius 2 is 1.94 bits per heavy atom. The SMILES string of the molecule is Cc1ccc(CNCCCCCCO)cc1Cl. The summed E-state index contributed by atoms with van der Waals surface area (Å²) in [5.41, 5.74) is 2.36. The van der Waals surface area contributed by atoms with Crippen LogP contribution in [-0.2, 0) is 6.54 Å². The average molecular weight is 256 g/mol. The highest BCUT2D eigenvalue weighted by atomic mass is 35.5. The highest BCUT2D eigenvalue weighted by Gasteiger charge is 1.97. The van der Waals surface area contributed by atoms with Crippen LogP contribution in [0.1, 0.15) is 36.8 Å². The second kappa shape index (κ2) is 8.51. The molecule has 17 heavy (non-hydrogen) atoms. The number of aliphatic hydroxyl groups is 1. The number of aliphatic hydroxyl groups excluding tert-OH is 1. The fourth-order valence-electron chi connectivity index (χ4n) is 1.69. The summed E-state index contributed by atoms with van der Waals surface area (Å²) < 4.78 is 0. The van der Waals surface area contributed by atoms with Crippen molar-refractivity contribution in [1.82, 2.24) is 5.32 Å². The van der Waals surface area contributed by atoms with Crippen molar-refractivity contribution in [1.29, 1.82) is 0 Å². The molecule has 3 heteroatoms. The van der Waals surface area contributed by atoms with Crippen molar-refractivity contribution in [2.24, 2.45) is 0 Å². The van der Waals surface area contributed by atoms with Crippen molar-refractivity contribution in [3.63, 3.8) is 0 Å². The van der Waals surface area contributed by atoms with Gasteiger partial charge in [0.15, 0.2) is 0 Å². The summed E-state index contributed by atoms with van der Waals surface area (Å²) in [5, 5.41) is 12.9. The van der Waals surface area contributed by atoms with E-state index in [9.17, 15) is 0 Å². The lowest BCUT2D eigenvalue weighted by Crippen LogP contribution is -2.14. The molecule has 0 saturated heterocycles. The van der Waals surface area contributed by atoms with Crippen LogP contribution in [0, 0.1) is 6.92 Å². The molecule has 0 saturated carbocycles. The maximum Gasteiger partial charge on any atom is 0.0438 e. The molecule has 0 amide bonds. The van der Waals surface area contributed by atoms with Gasteiger partial charge in [-0.1, -0.05) is 36.6 Å². The van der Waals surface area contributed by atoms with Gasteiger partial charge >= 0.3 is 0 Å². The third-order valence-electron chi connectivity index (χ3n) is 2.83. The summed E-state index contributed by atoms with van der Waals surface area (Å²) in [5.74, 6) is 0. The van der Waals surface area contributed by atoms with E-state index in [4.69, 9.17) is 16.7 Å². The van der Waals surface area contributed by atoms with Crippen LogP contribution >= 0.6 is 11.6 Å². The van der Waals surface area contributed by atoms with Crippen molar-refractivity contribution in [2.75, 3.05) is 13.2 Å². The van der Waals surface area contributed by atoms with Crippen LogP contribution in [0.15, 0.2) is 18.2 Å². The molecule has 0 heterocycles. The zero-order valence-corrected chi connectivity index (χ0v) is 11.3. The van der Waals surface area contributed by atoms with E-state index in [0.717, 1.165) is 36.5 Å². The molecule has 1 rings (SSSR count). The summed E-state index contributed by atoms with van der Waals surface area (Å²) in [6.45, 7) is 4.23. The van der Waals surface area contributed by atoms with Gasteiger partial charge in [0.1, 0.15) is 0 Å². The van der Waals surface area contributed by atoms with Crippen molar-refractivity contribution in [3.05, 3.63) is 34.3 Å². The lowest BCUT2D eigenvalue weighted by molar-refractivity contribution is 0.282. The minimum absolute atomic E-state index is 0.315. The molecule has 0 aliphatic carbocycles. The normalized spacial score (nSPS) is 10.8. The van der Waals surface area contributed by atoms with Crippen LogP contribution in [0.5, 0.6) is 0 Å². The van der Waals surface area contributed by atoms with E-state index >= 15 is 0 Å². The van der Waals surface area contributed by atoms with E-state index in [1.54, 1.807) is 0 Å². The van der Waals surface area contributed by atoms with E-state index < -0.39 is 0 Å². The highest BCUT2D eigenvalue weighted by molar-refractivity contribution is 6.31. The van der Waals surface area contributed by atoms with E-state index in [0.29, 0.717) is 6.61 Å². The lowest BCUT2D eigenvalue weighted by Gasteiger charge is -2.06. The molecular formula is C14H22ClNO. The van der Waals surface area contributed by atoms with Crippen LogP contribution in [0.3, 0.4) is 0 Å². The number of unbranched alkanes of at least 4 members (excludes halogenated alkanes) is 3. The third-order valence-corrected chi connectivity index (χ3v) is 3.23. The molecule has 0 bridgehead atoms. The number of hydrogen-bond donors (Lipinski definition) is 2. The molecule has 0 aromatic heterocycles. The Kier molecular flexibility index (Phi) is 7.25. The maximum atomic E-state index is 8.64. The van der Waals surface area contributed by atoms with Crippen molar-refractivity contribution < 1.29 is 5.11 Å². The number of halogens is 1. The van der Waals surface area contributed by atoms with Gasteiger partial charge in [-0.15, -0.1) is 0 Å². The van der Waals surface area contributed by atoms with E-state index in [-0.39, 0.29) is 0 Å². The molecule has 0 unspecified atom stereocenters. The molecule has 1 aromatic rings. The van der Waals surface area contributed by atoms with Gasteiger partial charge in [0.05, 0.1) is 0 Å². The molecule has 1 aromatic carbocycles. The Balaban J connectivity index is 2.11. The zero-order valence-electron chi connectivity index (χ0n) is 10.5. The monoisotopic (exact) mass is 255 g/mol. The van der Waals surface area contributed by atoms with Crippen LogP contribution in [-0.4, -0.2) is 18.3 Å². The fraction of sp³-hybridized carbons (Fsp3) is 0.571. The fourth-order valence-corrected chi connectivity index (χ4v) is 1.90. The van der Waals surface area contributed by atoms with Crippen LogP contribution in [0.2, 0.25) is 5.02 Å². The summed E-state index contributed by atoms with van der Waals surface area (Å²) in [7, 11) is 0.